The van der Waals surface area contributed by atoms with Gasteiger partial charge in [0.25, 0.3) is 0 Å². The van der Waals surface area contributed by atoms with Crippen molar-refractivity contribution in [1.29, 1.82) is 0 Å². The van der Waals surface area contributed by atoms with Crippen LogP contribution in [0, 0.1) is 0 Å². The summed E-state index contributed by atoms with van der Waals surface area (Å²) in [5.41, 5.74) is 6.99. The summed E-state index contributed by atoms with van der Waals surface area (Å²) in [6, 6.07) is 41.2. The molecule has 0 N–H and O–H groups in total. The molecule has 0 saturated heterocycles. The topological polar surface area (TPSA) is 13.1 Å². The number of hydrogen-bond donors (Lipinski definition) is 0. The number of rotatable bonds is 2. The van der Waals surface area contributed by atoms with Gasteiger partial charge in [0.15, 0.2) is 0 Å². The number of para-hydroxylation sites is 1. The van der Waals surface area contributed by atoms with Crippen LogP contribution < -0.4 is 0 Å². The minimum atomic E-state index is 0.936. The van der Waals surface area contributed by atoms with Gasteiger partial charge in [0.05, 0.1) is 0 Å². The number of furan rings is 1. The van der Waals surface area contributed by atoms with Crippen molar-refractivity contribution >= 4 is 64.9 Å². The predicted octanol–water partition coefficient (Wildman–Crippen LogP) is 10.4. The zero-order chi connectivity index (χ0) is 23.6. The lowest BCUT2D eigenvalue weighted by molar-refractivity contribution is 0.669. The van der Waals surface area contributed by atoms with E-state index in [0.717, 1.165) is 11.2 Å². The second kappa shape index (κ2) is 7.55. The maximum Gasteiger partial charge on any atom is 0.136 e. The van der Waals surface area contributed by atoms with Crippen LogP contribution >= 0.6 is 11.3 Å². The fourth-order valence-corrected chi connectivity index (χ4v) is 6.82. The van der Waals surface area contributed by atoms with Gasteiger partial charge in [-0.25, -0.2) is 0 Å². The first-order valence-electron chi connectivity index (χ1n) is 12.2. The summed E-state index contributed by atoms with van der Waals surface area (Å²) in [5, 5.41) is 11.1. The Balaban J connectivity index is 1.59. The minimum absolute atomic E-state index is 0.936. The van der Waals surface area contributed by atoms with Gasteiger partial charge in [-0.15, -0.1) is 11.3 Å². The van der Waals surface area contributed by atoms with Crippen LogP contribution in [0.2, 0.25) is 0 Å². The smallest absolute Gasteiger partial charge is 0.136 e. The number of fused-ring (bicyclic) bond motifs is 7. The highest BCUT2D eigenvalue weighted by Gasteiger charge is 2.21. The standard InChI is InChI=1S/C34H20OS/c1-2-10-21(11-3-1)31-22-12-4-6-14-24(22)32(25-15-7-5-13-23(25)31)27-20-36-30-19-18-29-33(34(27)30)26-16-8-9-17-28(26)35-29/h1-20H. The van der Waals surface area contributed by atoms with Gasteiger partial charge in [0.1, 0.15) is 11.2 Å². The van der Waals surface area contributed by atoms with Crippen molar-refractivity contribution in [3.8, 4) is 22.3 Å². The fourth-order valence-electron chi connectivity index (χ4n) is 5.86. The lowest BCUT2D eigenvalue weighted by Crippen LogP contribution is -1.90. The maximum absolute atomic E-state index is 6.28. The summed E-state index contributed by atoms with van der Waals surface area (Å²) in [5.74, 6) is 0. The van der Waals surface area contributed by atoms with E-state index in [1.54, 1.807) is 0 Å². The van der Waals surface area contributed by atoms with Gasteiger partial charge in [0.2, 0.25) is 0 Å². The molecule has 0 radical (unpaired) electrons. The predicted molar refractivity (Wildman–Crippen MR) is 155 cm³/mol. The quantitative estimate of drug-likeness (QED) is 0.226. The molecule has 0 amide bonds. The monoisotopic (exact) mass is 476 g/mol. The molecule has 0 aliphatic rings. The molecule has 2 aromatic heterocycles. The van der Waals surface area contributed by atoms with Crippen LogP contribution in [0.3, 0.4) is 0 Å². The molecule has 2 heterocycles. The molecule has 1 nitrogen and oxygen atoms in total. The van der Waals surface area contributed by atoms with Crippen LogP contribution in [0.15, 0.2) is 125 Å². The van der Waals surface area contributed by atoms with Crippen LogP contribution in [0.4, 0.5) is 0 Å². The largest absolute Gasteiger partial charge is 0.456 e. The van der Waals surface area contributed by atoms with Crippen LogP contribution in [0.25, 0.3) is 75.8 Å². The van der Waals surface area contributed by atoms with Gasteiger partial charge in [-0.3, -0.25) is 0 Å². The van der Waals surface area contributed by atoms with Crippen LogP contribution in [-0.2, 0) is 0 Å². The molecule has 36 heavy (non-hydrogen) atoms. The number of thiophene rings is 1. The highest BCUT2D eigenvalue weighted by Crippen LogP contribution is 2.49. The highest BCUT2D eigenvalue weighted by atomic mass is 32.1. The molecule has 0 saturated carbocycles. The first-order chi connectivity index (χ1) is 17.9. The van der Waals surface area contributed by atoms with E-state index in [1.807, 2.05) is 17.4 Å². The average molecular weight is 477 g/mol. The molecule has 8 rings (SSSR count). The third-order valence-corrected chi connectivity index (χ3v) is 8.29. The number of hydrogen-bond acceptors (Lipinski definition) is 2. The molecular weight excluding hydrogens is 456 g/mol. The summed E-state index contributed by atoms with van der Waals surface area (Å²) in [6.45, 7) is 0. The zero-order valence-electron chi connectivity index (χ0n) is 19.4. The van der Waals surface area contributed by atoms with Crippen molar-refractivity contribution in [2.45, 2.75) is 0 Å². The SMILES string of the molecule is c1ccc(-c2c3ccccc3c(-c3csc4ccc5oc6ccccc6c5c34)c3ccccc23)cc1. The zero-order valence-corrected chi connectivity index (χ0v) is 20.2. The van der Waals surface area contributed by atoms with E-state index in [0.29, 0.717) is 0 Å². The Kier molecular flexibility index (Phi) is 4.16. The van der Waals surface area contributed by atoms with Gasteiger partial charge >= 0.3 is 0 Å². The molecule has 168 valence electrons. The Hall–Kier alpha value is -4.40. The highest BCUT2D eigenvalue weighted by molar-refractivity contribution is 7.18. The number of benzene rings is 6. The molecular formula is C34H20OS. The Morgan fingerprint density at radius 1 is 0.444 bits per heavy atom. The average Bonchev–Trinajstić information content (AvgIpc) is 3.53. The van der Waals surface area contributed by atoms with E-state index < -0.39 is 0 Å². The second-order valence-corrected chi connectivity index (χ2v) is 10.2. The Morgan fingerprint density at radius 3 is 1.72 bits per heavy atom. The van der Waals surface area contributed by atoms with Crippen molar-refractivity contribution in [3.05, 3.63) is 121 Å². The van der Waals surface area contributed by atoms with E-state index in [4.69, 9.17) is 4.42 Å². The fraction of sp³-hybridized carbons (Fsp3) is 0. The van der Waals surface area contributed by atoms with Gasteiger partial charge in [-0.1, -0.05) is 97.1 Å². The first-order valence-corrected chi connectivity index (χ1v) is 13.1. The van der Waals surface area contributed by atoms with Gasteiger partial charge in [-0.05, 0) is 61.8 Å². The van der Waals surface area contributed by atoms with E-state index in [2.05, 4.69) is 115 Å². The van der Waals surface area contributed by atoms with Gasteiger partial charge < -0.3 is 4.42 Å². The summed E-state index contributed by atoms with van der Waals surface area (Å²) in [6.07, 6.45) is 0. The molecule has 8 aromatic rings. The molecule has 0 atom stereocenters. The third kappa shape index (κ3) is 2.71. The normalized spacial score (nSPS) is 11.9. The van der Waals surface area contributed by atoms with Crippen molar-refractivity contribution in [1.82, 2.24) is 0 Å². The Labute approximate surface area is 211 Å². The minimum Gasteiger partial charge on any atom is -0.456 e. The third-order valence-electron chi connectivity index (χ3n) is 7.34. The van der Waals surface area contributed by atoms with Crippen LogP contribution in [-0.4, -0.2) is 0 Å². The molecule has 0 aliphatic heterocycles. The van der Waals surface area contributed by atoms with Gasteiger partial charge in [-0.2, -0.15) is 0 Å². The summed E-state index contributed by atoms with van der Waals surface area (Å²) < 4.78 is 7.56. The molecule has 2 heteroatoms. The van der Waals surface area contributed by atoms with Crippen LogP contribution in [0.1, 0.15) is 0 Å². The molecule has 0 aliphatic carbocycles. The van der Waals surface area contributed by atoms with Crippen LogP contribution in [0.5, 0.6) is 0 Å². The lowest BCUT2D eigenvalue weighted by atomic mass is 9.85. The maximum atomic E-state index is 6.28. The van der Waals surface area contributed by atoms with E-state index in [1.165, 1.54) is 64.7 Å². The molecule has 6 aromatic carbocycles. The lowest BCUT2D eigenvalue weighted by Gasteiger charge is -2.17. The van der Waals surface area contributed by atoms with E-state index in [9.17, 15) is 0 Å². The van der Waals surface area contributed by atoms with Crippen molar-refractivity contribution < 1.29 is 4.42 Å². The van der Waals surface area contributed by atoms with Crippen molar-refractivity contribution in [3.63, 3.8) is 0 Å². The molecule has 0 unspecified atom stereocenters. The second-order valence-electron chi connectivity index (χ2n) is 9.27. The van der Waals surface area contributed by atoms with E-state index >= 15 is 0 Å². The van der Waals surface area contributed by atoms with Crippen molar-refractivity contribution in [2.24, 2.45) is 0 Å². The Morgan fingerprint density at radius 2 is 1.03 bits per heavy atom. The summed E-state index contributed by atoms with van der Waals surface area (Å²) in [4.78, 5) is 0. The first kappa shape index (κ1) is 19.9. The van der Waals surface area contributed by atoms with Gasteiger partial charge in [0, 0.05) is 26.4 Å². The summed E-state index contributed by atoms with van der Waals surface area (Å²) >= 11 is 1.81. The van der Waals surface area contributed by atoms with E-state index in [-0.39, 0.29) is 0 Å². The molecule has 0 bridgehead atoms. The Bertz CT molecular complexity index is 2040. The molecule has 0 fully saturated rings. The summed E-state index contributed by atoms with van der Waals surface area (Å²) in [7, 11) is 0. The molecule has 0 spiro atoms. The van der Waals surface area contributed by atoms with Crippen molar-refractivity contribution in [2.75, 3.05) is 0 Å².